The van der Waals surface area contributed by atoms with E-state index >= 15 is 0 Å². The van der Waals surface area contributed by atoms with Gasteiger partial charge in [0, 0.05) is 11.6 Å². The zero-order valence-corrected chi connectivity index (χ0v) is 17.9. The maximum absolute atomic E-state index is 5.60. The molecule has 2 aromatic rings. The van der Waals surface area contributed by atoms with E-state index in [0.29, 0.717) is 12.5 Å². The maximum Gasteiger partial charge on any atom is 0.195 e. The molecule has 0 bridgehead atoms. The summed E-state index contributed by atoms with van der Waals surface area (Å²) in [5.41, 5.74) is 4.95. The van der Waals surface area contributed by atoms with Gasteiger partial charge >= 0.3 is 0 Å². The SMILES string of the molecule is CC(C)(C1=NCCO1)c1cccc(C2CC2)n1.CCCCc1cccc(C)c1. The third-order valence-electron chi connectivity index (χ3n) is 5.43. The van der Waals surface area contributed by atoms with Gasteiger partial charge in [0.15, 0.2) is 5.90 Å². The van der Waals surface area contributed by atoms with Crippen molar-refractivity contribution in [1.29, 1.82) is 0 Å². The van der Waals surface area contributed by atoms with Gasteiger partial charge < -0.3 is 4.74 Å². The van der Waals surface area contributed by atoms with Gasteiger partial charge in [0.25, 0.3) is 0 Å². The van der Waals surface area contributed by atoms with Crippen LogP contribution in [0.1, 0.15) is 74.9 Å². The third kappa shape index (κ3) is 5.43. The van der Waals surface area contributed by atoms with E-state index < -0.39 is 0 Å². The molecule has 3 heteroatoms. The van der Waals surface area contributed by atoms with Gasteiger partial charge in [0.2, 0.25) is 0 Å². The molecule has 1 saturated carbocycles. The predicted octanol–water partition coefficient (Wildman–Crippen LogP) is 6.00. The van der Waals surface area contributed by atoms with Crippen LogP contribution in [0.4, 0.5) is 0 Å². The van der Waals surface area contributed by atoms with E-state index in [1.165, 1.54) is 48.9 Å². The summed E-state index contributed by atoms with van der Waals surface area (Å²) in [4.78, 5) is 9.22. The van der Waals surface area contributed by atoms with Gasteiger partial charge in [0.05, 0.1) is 17.7 Å². The summed E-state index contributed by atoms with van der Waals surface area (Å²) in [5.74, 6) is 1.52. The Hall–Kier alpha value is -2.16. The lowest BCUT2D eigenvalue weighted by Gasteiger charge is -2.23. The largest absolute Gasteiger partial charge is 0.478 e. The molecule has 0 saturated heterocycles. The van der Waals surface area contributed by atoms with Crippen LogP contribution < -0.4 is 0 Å². The van der Waals surface area contributed by atoms with Crippen LogP contribution in [0.3, 0.4) is 0 Å². The number of hydrogen-bond donors (Lipinski definition) is 0. The second-order valence-electron chi connectivity index (χ2n) is 8.47. The average Bonchev–Trinajstić information content (AvgIpc) is 3.40. The predicted molar refractivity (Wildman–Crippen MR) is 117 cm³/mol. The molecule has 0 amide bonds. The minimum Gasteiger partial charge on any atom is -0.478 e. The topological polar surface area (TPSA) is 34.5 Å². The number of rotatable bonds is 6. The molecule has 0 atom stereocenters. The number of unbranched alkanes of at least 4 members (excludes halogenated alkanes) is 1. The smallest absolute Gasteiger partial charge is 0.195 e. The van der Waals surface area contributed by atoms with E-state index in [4.69, 9.17) is 9.72 Å². The number of hydrogen-bond acceptors (Lipinski definition) is 3. The lowest BCUT2D eigenvalue weighted by Crippen LogP contribution is -2.30. The zero-order valence-electron chi connectivity index (χ0n) is 17.9. The molecule has 28 heavy (non-hydrogen) atoms. The number of nitrogens with zero attached hydrogens (tertiary/aromatic N) is 2. The quantitative estimate of drug-likeness (QED) is 0.617. The van der Waals surface area contributed by atoms with Gasteiger partial charge in [-0.1, -0.05) is 49.2 Å². The third-order valence-corrected chi connectivity index (χ3v) is 5.43. The fourth-order valence-electron chi connectivity index (χ4n) is 3.48. The molecule has 1 aromatic heterocycles. The molecule has 1 aromatic carbocycles. The Morgan fingerprint density at radius 1 is 1.11 bits per heavy atom. The molecular weight excluding hydrogens is 344 g/mol. The highest BCUT2D eigenvalue weighted by Gasteiger charge is 2.34. The van der Waals surface area contributed by atoms with Gasteiger partial charge in [-0.05, 0) is 64.2 Å². The van der Waals surface area contributed by atoms with Crippen LogP contribution in [0.15, 0.2) is 47.5 Å². The van der Waals surface area contributed by atoms with Crippen LogP contribution >= 0.6 is 0 Å². The van der Waals surface area contributed by atoms with E-state index in [-0.39, 0.29) is 5.41 Å². The summed E-state index contributed by atoms with van der Waals surface area (Å²) in [6, 6.07) is 15.1. The second kappa shape index (κ2) is 9.36. The minimum absolute atomic E-state index is 0.207. The van der Waals surface area contributed by atoms with Gasteiger partial charge in [-0.3, -0.25) is 9.98 Å². The van der Waals surface area contributed by atoms with Crippen LogP contribution in [0, 0.1) is 6.92 Å². The monoisotopic (exact) mass is 378 g/mol. The lowest BCUT2D eigenvalue weighted by molar-refractivity contribution is 0.317. The molecular formula is C25H34N2O. The average molecular weight is 379 g/mol. The number of ether oxygens (including phenoxy) is 1. The van der Waals surface area contributed by atoms with Crippen LogP contribution in [0.2, 0.25) is 0 Å². The van der Waals surface area contributed by atoms with Crippen LogP contribution in [-0.4, -0.2) is 24.0 Å². The highest BCUT2D eigenvalue weighted by atomic mass is 16.5. The Bertz CT molecular complexity index is 806. The molecule has 0 unspecified atom stereocenters. The van der Waals surface area contributed by atoms with Crippen LogP contribution in [0.5, 0.6) is 0 Å². The number of aryl methyl sites for hydroxylation is 2. The fourth-order valence-corrected chi connectivity index (χ4v) is 3.48. The molecule has 1 aliphatic heterocycles. The van der Waals surface area contributed by atoms with E-state index in [0.717, 1.165) is 18.1 Å². The number of aliphatic imine (C=N–C) groups is 1. The molecule has 1 fully saturated rings. The zero-order chi connectivity index (χ0) is 20.0. The Morgan fingerprint density at radius 3 is 2.54 bits per heavy atom. The highest BCUT2D eigenvalue weighted by Crippen LogP contribution is 2.39. The normalized spacial score (nSPS) is 16.1. The van der Waals surface area contributed by atoms with Gasteiger partial charge in [0.1, 0.15) is 6.61 Å². The molecule has 150 valence electrons. The maximum atomic E-state index is 5.60. The van der Waals surface area contributed by atoms with Crippen molar-refractivity contribution in [1.82, 2.24) is 4.98 Å². The minimum atomic E-state index is -0.207. The Morgan fingerprint density at radius 2 is 1.89 bits per heavy atom. The first-order chi connectivity index (χ1) is 13.5. The van der Waals surface area contributed by atoms with Crippen LogP contribution in [-0.2, 0) is 16.6 Å². The van der Waals surface area contributed by atoms with E-state index in [2.05, 4.69) is 75.2 Å². The van der Waals surface area contributed by atoms with Crippen LogP contribution in [0.25, 0.3) is 0 Å². The lowest BCUT2D eigenvalue weighted by atomic mass is 9.88. The van der Waals surface area contributed by atoms with Crippen molar-refractivity contribution in [2.24, 2.45) is 4.99 Å². The molecule has 0 radical (unpaired) electrons. The van der Waals surface area contributed by atoms with Crippen molar-refractivity contribution in [3.05, 3.63) is 65.0 Å². The molecule has 2 heterocycles. The first kappa shape index (κ1) is 20.6. The molecule has 3 nitrogen and oxygen atoms in total. The Labute approximate surface area is 170 Å². The van der Waals surface area contributed by atoms with E-state index in [9.17, 15) is 0 Å². The van der Waals surface area contributed by atoms with Crippen molar-refractivity contribution in [2.45, 2.75) is 71.1 Å². The first-order valence-electron chi connectivity index (χ1n) is 10.7. The van der Waals surface area contributed by atoms with E-state index in [1.807, 2.05) is 0 Å². The Balaban J connectivity index is 0.000000178. The Kier molecular flexibility index (Phi) is 6.88. The van der Waals surface area contributed by atoms with Gasteiger partial charge in [-0.25, -0.2) is 0 Å². The standard InChI is InChI=1S/C14H18N2O.C11H16/c1-14(2,13-15-8-9-17-13)12-5-3-4-11(16-12)10-6-7-10;1-3-4-7-11-8-5-6-10(2)9-11/h3-5,10H,6-9H2,1-2H3;5-6,8-9H,3-4,7H2,1-2H3. The second-order valence-corrected chi connectivity index (χ2v) is 8.47. The number of benzene rings is 1. The summed E-state index contributed by atoms with van der Waals surface area (Å²) in [6.07, 6.45) is 6.40. The number of aromatic nitrogens is 1. The van der Waals surface area contributed by atoms with Crippen molar-refractivity contribution in [2.75, 3.05) is 13.2 Å². The molecule has 0 N–H and O–H groups in total. The number of pyridine rings is 1. The molecule has 4 rings (SSSR count). The van der Waals surface area contributed by atoms with Crippen molar-refractivity contribution >= 4 is 5.90 Å². The summed E-state index contributed by atoms with van der Waals surface area (Å²) >= 11 is 0. The van der Waals surface area contributed by atoms with Gasteiger partial charge in [-0.15, -0.1) is 0 Å². The van der Waals surface area contributed by atoms with E-state index in [1.54, 1.807) is 0 Å². The van der Waals surface area contributed by atoms with Crippen molar-refractivity contribution in [3.63, 3.8) is 0 Å². The summed E-state index contributed by atoms with van der Waals surface area (Å²) < 4.78 is 5.60. The highest BCUT2D eigenvalue weighted by molar-refractivity contribution is 5.87. The summed E-state index contributed by atoms with van der Waals surface area (Å²) in [7, 11) is 0. The first-order valence-corrected chi connectivity index (χ1v) is 10.7. The molecule has 0 spiro atoms. The van der Waals surface area contributed by atoms with Crippen molar-refractivity contribution < 1.29 is 4.74 Å². The summed E-state index contributed by atoms with van der Waals surface area (Å²) in [5, 5.41) is 0. The fraction of sp³-hybridized carbons (Fsp3) is 0.520. The van der Waals surface area contributed by atoms with Crippen molar-refractivity contribution in [3.8, 4) is 0 Å². The summed E-state index contributed by atoms with van der Waals surface area (Å²) in [6.45, 7) is 10.1. The molecule has 2 aliphatic rings. The molecule has 1 aliphatic carbocycles. The van der Waals surface area contributed by atoms with Gasteiger partial charge in [-0.2, -0.15) is 0 Å².